The molecular weight excluding hydrogens is 338 g/mol. The van der Waals surface area contributed by atoms with Gasteiger partial charge in [-0.05, 0) is 37.0 Å². The number of piperidine rings is 1. The van der Waals surface area contributed by atoms with Gasteiger partial charge in [-0.1, -0.05) is 22.9 Å². The minimum absolute atomic E-state index is 0.0458. The first kappa shape index (κ1) is 15.8. The molecule has 0 saturated carbocycles. The second-order valence-electron chi connectivity index (χ2n) is 5.30. The predicted molar refractivity (Wildman–Crippen MR) is 81.6 cm³/mol. The lowest BCUT2D eigenvalue weighted by atomic mass is 9.99. The number of halogens is 1. The highest BCUT2D eigenvalue weighted by molar-refractivity contribution is 9.10. The topological polar surface area (TPSA) is 66.8 Å². The summed E-state index contributed by atoms with van der Waals surface area (Å²) in [6.07, 6.45) is 2.01. The largest absolute Gasteiger partial charge is 0.483 e. The molecule has 1 aliphatic rings. The molecule has 1 amide bonds. The summed E-state index contributed by atoms with van der Waals surface area (Å²) < 4.78 is 6.06. The Hall–Kier alpha value is -1.56. The van der Waals surface area contributed by atoms with Crippen molar-refractivity contribution in [3.63, 3.8) is 0 Å². The van der Waals surface area contributed by atoms with Crippen LogP contribution in [0.4, 0.5) is 0 Å². The normalized spacial score (nSPS) is 15.8. The maximum absolute atomic E-state index is 12.1. The van der Waals surface area contributed by atoms with Crippen molar-refractivity contribution in [2.45, 2.75) is 19.8 Å². The van der Waals surface area contributed by atoms with Crippen LogP contribution in [0.5, 0.6) is 5.75 Å². The maximum Gasteiger partial charge on any atom is 0.339 e. The monoisotopic (exact) mass is 355 g/mol. The SMILES string of the molecule is CC1CCN(C(=O)COc2ccc(Br)cc2C(=O)O)CC1. The zero-order chi connectivity index (χ0) is 15.4. The van der Waals surface area contributed by atoms with E-state index in [9.17, 15) is 9.59 Å². The van der Waals surface area contributed by atoms with Gasteiger partial charge in [0.05, 0.1) is 0 Å². The van der Waals surface area contributed by atoms with E-state index in [0.29, 0.717) is 10.4 Å². The number of aromatic carboxylic acids is 1. The number of carboxylic acid groups (broad SMARTS) is 1. The molecule has 0 unspecified atom stereocenters. The van der Waals surface area contributed by atoms with Gasteiger partial charge in [0.2, 0.25) is 0 Å². The third-order valence-electron chi connectivity index (χ3n) is 3.66. The van der Waals surface area contributed by atoms with Gasteiger partial charge in [-0.25, -0.2) is 4.79 Å². The molecule has 0 atom stereocenters. The average Bonchev–Trinajstić information content (AvgIpc) is 2.46. The zero-order valence-electron chi connectivity index (χ0n) is 11.8. The second-order valence-corrected chi connectivity index (χ2v) is 6.21. The number of rotatable bonds is 4. The molecule has 1 heterocycles. The van der Waals surface area contributed by atoms with Crippen molar-refractivity contribution in [1.29, 1.82) is 0 Å². The number of ether oxygens (including phenoxy) is 1. The van der Waals surface area contributed by atoms with Crippen LogP contribution in [0.3, 0.4) is 0 Å². The third-order valence-corrected chi connectivity index (χ3v) is 4.15. The molecule has 1 saturated heterocycles. The molecule has 21 heavy (non-hydrogen) atoms. The van der Waals surface area contributed by atoms with Crippen LogP contribution >= 0.6 is 15.9 Å². The summed E-state index contributed by atoms with van der Waals surface area (Å²) in [5.41, 5.74) is 0.0458. The Morgan fingerprint density at radius 2 is 2.05 bits per heavy atom. The van der Waals surface area contributed by atoms with Gasteiger partial charge in [-0.15, -0.1) is 0 Å². The molecule has 2 rings (SSSR count). The molecular formula is C15H18BrNO4. The molecule has 114 valence electrons. The van der Waals surface area contributed by atoms with Gasteiger partial charge in [0, 0.05) is 17.6 Å². The molecule has 0 bridgehead atoms. The Kier molecular flexibility index (Phi) is 5.22. The number of benzene rings is 1. The smallest absolute Gasteiger partial charge is 0.339 e. The molecule has 0 radical (unpaired) electrons. The molecule has 6 heteroatoms. The third kappa shape index (κ3) is 4.20. The molecule has 5 nitrogen and oxygen atoms in total. The van der Waals surface area contributed by atoms with Gasteiger partial charge in [0.1, 0.15) is 11.3 Å². The Morgan fingerprint density at radius 1 is 1.38 bits per heavy atom. The van der Waals surface area contributed by atoms with Crippen LogP contribution in [-0.2, 0) is 4.79 Å². The lowest BCUT2D eigenvalue weighted by Crippen LogP contribution is -2.40. The Labute approximate surface area is 132 Å². The zero-order valence-corrected chi connectivity index (χ0v) is 13.4. The van der Waals surface area contributed by atoms with Crippen molar-refractivity contribution < 1.29 is 19.4 Å². The summed E-state index contributed by atoms with van der Waals surface area (Å²) >= 11 is 3.22. The summed E-state index contributed by atoms with van der Waals surface area (Å²) in [7, 11) is 0. The van der Waals surface area contributed by atoms with Gasteiger partial charge < -0.3 is 14.7 Å². The quantitative estimate of drug-likeness (QED) is 0.901. The molecule has 1 aromatic rings. The van der Waals surface area contributed by atoms with Crippen LogP contribution in [-0.4, -0.2) is 41.6 Å². The van der Waals surface area contributed by atoms with E-state index in [1.54, 1.807) is 17.0 Å². The van der Waals surface area contributed by atoms with Crippen LogP contribution in [0.2, 0.25) is 0 Å². The summed E-state index contributed by atoms with van der Waals surface area (Å²) in [6, 6.07) is 4.71. The molecule has 1 fully saturated rings. The minimum atomic E-state index is -1.08. The van der Waals surface area contributed by atoms with E-state index in [1.807, 2.05) is 0 Å². The number of carboxylic acids is 1. The van der Waals surface area contributed by atoms with Crippen molar-refractivity contribution in [2.75, 3.05) is 19.7 Å². The first-order chi connectivity index (χ1) is 9.97. The van der Waals surface area contributed by atoms with Crippen molar-refractivity contribution >= 4 is 27.8 Å². The highest BCUT2D eigenvalue weighted by Gasteiger charge is 2.21. The predicted octanol–water partition coefficient (Wildman–Crippen LogP) is 2.78. The molecule has 0 spiro atoms. The fourth-order valence-electron chi connectivity index (χ4n) is 2.28. The summed E-state index contributed by atoms with van der Waals surface area (Å²) in [5.74, 6) is -0.309. The van der Waals surface area contributed by atoms with Crippen LogP contribution in [0.15, 0.2) is 22.7 Å². The molecule has 0 aromatic heterocycles. The summed E-state index contributed by atoms with van der Waals surface area (Å²) in [5, 5.41) is 9.14. The average molecular weight is 356 g/mol. The van der Waals surface area contributed by atoms with Gasteiger partial charge in [0.15, 0.2) is 6.61 Å². The van der Waals surface area contributed by atoms with Gasteiger partial charge >= 0.3 is 5.97 Å². The van der Waals surface area contributed by atoms with Gasteiger partial charge in [-0.2, -0.15) is 0 Å². The number of hydrogen-bond acceptors (Lipinski definition) is 3. The molecule has 0 aliphatic carbocycles. The lowest BCUT2D eigenvalue weighted by molar-refractivity contribution is -0.134. The van der Waals surface area contributed by atoms with E-state index in [4.69, 9.17) is 9.84 Å². The van der Waals surface area contributed by atoms with E-state index >= 15 is 0 Å². The van der Waals surface area contributed by atoms with E-state index in [2.05, 4.69) is 22.9 Å². The fraction of sp³-hybridized carbons (Fsp3) is 0.467. The first-order valence-electron chi connectivity index (χ1n) is 6.91. The van der Waals surface area contributed by atoms with Crippen molar-refractivity contribution in [3.05, 3.63) is 28.2 Å². The van der Waals surface area contributed by atoms with Crippen LogP contribution in [0, 0.1) is 5.92 Å². The summed E-state index contributed by atoms with van der Waals surface area (Å²) in [4.78, 5) is 25.0. The van der Waals surface area contributed by atoms with E-state index in [-0.39, 0.29) is 23.8 Å². The van der Waals surface area contributed by atoms with E-state index in [1.165, 1.54) is 6.07 Å². The highest BCUT2D eigenvalue weighted by atomic mass is 79.9. The Bertz CT molecular complexity index is 538. The highest BCUT2D eigenvalue weighted by Crippen LogP contribution is 2.23. The molecule has 1 N–H and O–H groups in total. The standard InChI is InChI=1S/C15H18BrNO4/c1-10-4-6-17(7-5-10)14(18)9-21-13-3-2-11(16)8-12(13)15(19)20/h2-3,8,10H,4-7,9H2,1H3,(H,19,20). The first-order valence-corrected chi connectivity index (χ1v) is 7.70. The Balaban J connectivity index is 1.96. The van der Waals surface area contributed by atoms with E-state index in [0.717, 1.165) is 25.9 Å². The van der Waals surface area contributed by atoms with E-state index < -0.39 is 5.97 Å². The number of nitrogens with zero attached hydrogens (tertiary/aromatic N) is 1. The second kappa shape index (κ2) is 6.93. The van der Waals surface area contributed by atoms with Crippen molar-refractivity contribution in [3.8, 4) is 5.75 Å². The maximum atomic E-state index is 12.1. The Morgan fingerprint density at radius 3 is 2.67 bits per heavy atom. The van der Waals surface area contributed by atoms with Crippen molar-refractivity contribution in [2.24, 2.45) is 5.92 Å². The number of hydrogen-bond donors (Lipinski definition) is 1. The number of likely N-dealkylation sites (tertiary alicyclic amines) is 1. The summed E-state index contributed by atoms with van der Waals surface area (Å²) in [6.45, 7) is 3.54. The van der Waals surface area contributed by atoms with Crippen LogP contribution < -0.4 is 4.74 Å². The molecule has 1 aromatic carbocycles. The molecule has 1 aliphatic heterocycles. The lowest BCUT2D eigenvalue weighted by Gasteiger charge is -2.30. The van der Waals surface area contributed by atoms with Crippen LogP contribution in [0.1, 0.15) is 30.1 Å². The number of carbonyl (C=O) groups is 2. The van der Waals surface area contributed by atoms with Gasteiger partial charge in [0.25, 0.3) is 5.91 Å². The number of amides is 1. The van der Waals surface area contributed by atoms with Gasteiger partial charge in [-0.3, -0.25) is 4.79 Å². The number of carbonyl (C=O) groups excluding carboxylic acids is 1. The minimum Gasteiger partial charge on any atom is -0.483 e. The van der Waals surface area contributed by atoms with Crippen LogP contribution in [0.25, 0.3) is 0 Å². The fourth-order valence-corrected chi connectivity index (χ4v) is 2.65. The van der Waals surface area contributed by atoms with Crippen molar-refractivity contribution in [1.82, 2.24) is 4.90 Å².